The zero-order valence-electron chi connectivity index (χ0n) is 13.6. The van der Waals surface area contributed by atoms with Gasteiger partial charge >= 0.3 is 5.97 Å². The second-order valence-electron chi connectivity index (χ2n) is 5.51. The Labute approximate surface area is 146 Å². The first-order valence-corrected chi connectivity index (χ1v) is 9.16. The van der Waals surface area contributed by atoms with Crippen molar-refractivity contribution in [3.63, 3.8) is 0 Å². The molecule has 0 aromatic heterocycles. The average molecular weight is 362 g/mol. The van der Waals surface area contributed by atoms with Crippen LogP contribution in [0.5, 0.6) is 5.75 Å². The summed E-state index contributed by atoms with van der Waals surface area (Å²) >= 11 is 0. The first-order chi connectivity index (χ1) is 12.0. The summed E-state index contributed by atoms with van der Waals surface area (Å²) in [5.41, 5.74) is 1.59. The molecule has 1 atom stereocenters. The minimum absolute atomic E-state index is 0.0903. The summed E-state index contributed by atoms with van der Waals surface area (Å²) in [7, 11) is -2.17. The number of carbonyl (C=O) groups is 1. The molecule has 132 valence electrons. The van der Waals surface area contributed by atoms with Gasteiger partial charge in [0.05, 0.1) is 18.6 Å². The van der Waals surface area contributed by atoms with Gasteiger partial charge in [0.1, 0.15) is 11.8 Å². The first kappa shape index (κ1) is 17.2. The number of benzene rings is 2. The van der Waals surface area contributed by atoms with Crippen LogP contribution in [0.3, 0.4) is 0 Å². The summed E-state index contributed by atoms with van der Waals surface area (Å²) in [6, 6.07) is 12.8. The van der Waals surface area contributed by atoms with Crippen molar-refractivity contribution >= 4 is 27.4 Å². The number of rotatable bonds is 6. The summed E-state index contributed by atoms with van der Waals surface area (Å²) in [5, 5.41) is 3.17. The maximum Gasteiger partial charge on any atom is 0.324 e. The lowest BCUT2D eigenvalue weighted by atomic mass is 10.2. The molecule has 8 heteroatoms. The number of anilines is 2. The van der Waals surface area contributed by atoms with Gasteiger partial charge < -0.3 is 14.8 Å². The molecule has 0 amide bonds. The SMILES string of the molecule is COc1ccc(Nc2ccc(S(=O)(=O)N[C@H]3CCOC3=O)cc2)cc1. The quantitative estimate of drug-likeness (QED) is 0.764. The van der Waals surface area contributed by atoms with Crippen molar-refractivity contribution in [2.24, 2.45) is 0 Å². The molecule has 1 aliphatic heterocycles. The summed E-state index contributed by atoms with van der Waals surface area (Å²) in [6.07, 6.45) is 0.342. The summed E-state index contributed by atoms with van der Waals surface area (Å²) in [4.78, 5) is 11.5. The van der Waals surface area contributed by atoms with E-state index in [1.165, 1.54) is 12.1 Å². The van der Waals surface area contributed by atoms with Crippen LogP contribution >= 0.6 is 0 Å². The lowest BCUT2D eigenvalue weighted by Crippen LogP contribution is -2.37. The van der Waals surface area contributed by atoms with Crippen LogP contribution in [0.1, 0.15) is 6.42 Å². The van der Waals surface area contributed by atoms with Crippen molar-refractivity contribution in [1.82, 2.24) is 4.72 Å². The monoisotopic (exact) mass is 362 g/mol. The Bertz CT molecular complexity index is 848. The molecule has 1 aliphatic rings. The Hall–Kier alpha value is -2.58. The van der Waals surface area contributed by atoms with Crippen LogP contribution < -0.4 is 14.8 Å². The molecule has 0 bridgehead atoms. The molecule has 1 fully saturated rings. The number of hydrogen-bond acceptors (Lipinski definition) is 6. The van der Waals surface area contributed by atoms with Crippen molar-refractivity contribution in [3.8, 4) is 5.75 Å². The fraction of sp³-hybridized carbons (Fsp3) is 0.235. The van der Waals surface area contributed by atoms with Crippen molar-refractivity contribution in [2.75, 3.05) is 19.0 Å². The maximum atomic E-state index is 12.3. The van der Waals surface area contributed by atoms with Gasteiger partial charge in [0.25, 0.3) is 0 Å². The van der Waals surface area contributed by atoms with Crippen LogP contribution in [0.2, 0.25) is 0 Å². The van der Waals surface area contributed by atoms with Gasteiger partial charge in [0, 0.05) is 17.8 Å². The van der Waals surface area contributed by atoms with E-state index >= 15 is 0 Å². The molecule has 0 aliphatic carbocycles. The second kappa shape index (κ2) is 7.12. The Kier molecular flexibility index (Phi) is 4.91. The van der Waals surface area contributed by atoms with Crippen LogP contribution in [0.25, 0.3) is 0 Å². The smallest absolute Gasteiger partial charge is 0.324 e. The van der Waals surface area contributed by atoms with E-state index in [2.05, 4.69) is 10.0 Å². The summed E-state index contributed by atoms with van der Waals surface area (Å²) in [5.74, 6) is 0.213. The van der Waals surface area contributed by atoms with Crippen LogP contribution in [-0.4, -0.2) is 34.1 Å². The Morgan fingerprint density at radius 3 is 2.16 bits per heavy atom. The predicted octanol–water partition coefficient (Wildman–Crippen LogP) is 2.03. The van der Waals surface area contributed by atoms with Gasteiger partial charge in [-0.05, 0) is 48.5 Å². The molecule has 7 nitrogen and oxygen atoms in total. The van der Waals surface area contributed by atoms with Gasteiger partial charge in [-0.2, -0.15) is 4.72 Å². The maximum absolute atomic E-state index is 12.3. The predicted molar refractivity (Wildman–Crippen MR) is 92.4 cm³/mol. The third-order valence-corrected chi connectivity index (χ3v) is 5.26. The van der Waals surface area contributed by atoms with Gasteiger partial charge in [-0.25, -0.2) is 8.42 Å². The highest BCUT2D eigenvalue weighted by molar-refractivity contribution is 7.89. The first-order valence-electron chi connectivity index (χ1n) is 7.68. The molecule has 0 spiro atoms. The second-order valence-corrected chi connectivity index (χ2v) is 7.22. The molecule has 0 saturated carbocycles. The molecular weight excluding hydrogens is 344 g/mol. The number of sulfonamides is 1. The molecule has 3 rings (SSSR count). The number of methoxy groups -OCH3 is 1. The zero-order chi connectivity index (χ0) is 17.9. The van der Waals surface area contributed by atoms with Crippen molar-refractivity contribution in [1.29, 1.82) is 0 Å². The number of nitrogens with one attached hydrogen (secondary N) is 2. The number of esters is 1. The van der Waals surface area contributed by atoms with E-state index in [0.717, 1.165) is 17.1 Å². The van der Waals surface area contributed by atoms with E-state index in [0.29, 0.717) is 6.42 Å². The van der Waals surface area contributed by atoms with Gasteiger partial charge in [-0.3, -0.25) is 4.79 Å². The highest BCUT2D eigenvalue weighted by Gasteiger charge is 2.31. The van der Waals surface area contributed by atoms with Crippen LogP contribution in [0.4, 0.5) is 11.4 Å². The van der Waals surface area contributed by atoms with Crippen LogP contribution in [0, 0.1) is 0 Å². The Morgan fingerprint density at radius 1 is 1.04 bits per heavy atom. The van der Waals surface area contributed by atoms with Gasteiger partial charge in [-0.1, -0.05) is 0 Å². The summed E-state index contributed by atoms with van der Waals surface area (Å²) < 4.78 is 36.9. The normalized spacial score (nSPS) is 17.2. The van der Waals surface area contributed by atoms with Crippen molar-refractivity contribution < 1.29 is 22.7 Å². The molecule has 2 aromatic rings. The fourth-order valence-corrected chi connectivity index (χ4v) is 3.64. The number of carbonyl (C=O) groups excluding carboxylic acids is 1. The van der Waals surface area contributed by atoms with E-state index < -0.39 is 22.0 Å². The number of hydrogen-bond donors (Lipinski definition) is 2. The van der Waals surface area contributed by atoms with Crippen molar-refractivity contribution in [2.45, 2.75) is 17.4 Å². The van der Waals surface area contributed by atoms with Gasteiger partial charge in [0.2, 0.25) is 10.0 Å². The largest absolute Gasteiger partial charge is 0.497 e. The Morgan fingerprint density at radius 2 is 1.64 bits per heavy atom. The van der Waals surface area contributed by atoms with Gasteiger partial charge in [-0.15, -0.1) is 0 Å². The molecule has 0 unspecified atom stereocenters. The van der Waals surface area contributed by atoms with Gasteiger partial charge in [0.15, 0.2) is 0 Å². The zero-order valence-corrected chi connectivity index (χ0v) is 14.4. The van der Waals surface area contributed by atoms with Crippen LogP contribution in [-0.2, 0) is 19.6 Å². The lowest BCUT2D eigenvalue weighted by molar-refractivity contribution is -0.139. The van der Waals surface area contributed by atoms with E-state index in [4.69, 9.17) is 9.47 Å². The molecule has 1 saturated heterocycles. The minimum Gasteiger partial charge on any atom is -0.497 e. The molecule has 2 N–H and O–H groups in total. The van der Waals surface area contributed by atoms with E-state index in [1.54, 1.807) is 19.2 Å². The highest BCUT2D eigenvalue weighted by Crippen LogP contribution is 2.21. The van der Waals surface area contributed by atoms with Crippen molar-refractivity contribution in [3.05, 3.63) is 48.5 Å². The van der Waals surface area contributed by atoms with E-state index in [-0.39, 0.29) is 11.5 Å². The molecular formula is C17H18N2O5S. The standard InChI is InChI=1S/C17H18N2O5S/c1-23-14-6-2-12(3-7-14)18-13-4-8-15(9-5-13)25(21,22)19-16-10-11-24-17(16)20/h2-9,16,18-19H,10-11H2,1H3/t16-/m0/s1. The van der Waals surface area contributed by atoms with E-state index in [9.17, 15) is 13.2 Å². The average Bonchev–Trinajstić information content (AvgIpc) is 3.00. The van der Waals surface area contributed by atoms with Crippen LogP contribution in [0.15, 0.2) is 53.4 Å². The fourth-order valence-electron chi connectivity index (χ4n) is 2.42. The molecule has 25 heavy (non-hydrogen) atoms. The third kappa shape index (κ3) is 4.09. The number of cyclic esters (lactones) is 1. The molecule has 2 aromatic carbocycles. The summed E-state index contributed by atoms with van der Waals surface area (Å²) in [6.45, 7) is 0.233. The highest BCUT2D eigenvalue weighted by atomic mass is 32.2. The lowest BCUT2D eigenvalue weighted by Gasteiger charge is -2.11. The van der Waals surface area contributed by atoms with E-state index in [1.807, 2.05) is 24.3 Å². The minimum atomic E-state index is -3.77. The Balaban J connectivity index is 1.69. The molecule has 0 radical (unpaired) electrons. The topological polar surface area (TPSA) is 93.7 Å². The number of ether oxygens (including phenoxy) is 2. The molecule has 1 heterocycles. The third-order valence-electron chi connectivity index (χ3n) is 3.78.